The molecule has 2 aromatic carbocycles. The quantitative estimate of drug-likeness (QED) is 0.600. The van der Waals surface area contributed by atoms with E-state index in [-0.39, 0.29) is 6.04 Å². The summed E-state index contributed by atoms with van der Waals surface area (Å²) in [7, 11) is 0. The molecular formula is C22H22ClN3O3. The van der Waals surface area contributed by atoms with Gasteiger partial charge in [0.25, 0.3) is 5.91 Å². The number of benzene rings is 2. The average molecular weight is 412 g/mol. The van der Waals surface area contributed by atoms with Gasteiger partial charge in [-0.2, -0.15) is 0 Å². The van der Waals surface area contributed by atoms with E-state index in [0.717, 1.165) is 46.1 Å². The molecule has 0 bridgehead atoms. The number of H-pyrrole nitrogens is 1. The van der Waals surface area contributed by atoms with Gasteiger partial charge in [0, 0.05) is 27.7 Å². The molecule has 1 atom stereocenters. The fourth-order valence-corrected chi connectivity index (χ4v) is 4.34. The number of aromatic amines is 1. The van der Waals surface area contributed by atoms with Crippen LogP contribution in [0.1, 0.15) is 35.0 Å². The SMILES string of the molecule is CCOC(=O)NC1CCc2[nH]c3c(C(N)=O)ccc(-c4ccccc4Cl)c3c2C1. The summed E-state index contributed by atoms with van der Waals surface area (Å²) in [6, 6.07) is 11.2. The summed E-state index contributed by atoms with van der Waals surface area (Å²) in [5, 5.41) is 4.49. The number of aromatic nitrogens is 1. The van der Waals surface area contributed by atoms with Crippen LogP contribution in [-0.2, 0) is 17.6 Å². The van der Waals surface area contributed by atoms with Crippen molar-refractivity contribution in [3.05, 3.63) is 58.2 Å². The lowest BCUT2D eigenvalue weighted by Crippen LogP contribution is -2.39. The van der Waals surface area contributed by atoms with Crippen LogP contribution >= 0.6 is 11.6 Å². The van der Waals surface area contributed by atoms with E-state index in [4.69, 9.17) is 22.1 Å². The number of rotatable bonds is 4. The molecule has 6 nitrogen and oxygen atoms in total. The second kappa shape index (κ2) is 7.79. The number of primary amides is 1. The van der Waals surface area contributed by atoms with Crippen LogP contribution in [0.4, 0.5) is 4.79 Å². The molecule has 3 aromatic rings. The third-order valence-corrected chi connectivity index (χ3v) is 5.70. The average Bonchev–Trinajstić information content (AvgIpc) is 3.06. The zero-order valence-electron chi connectivity index (χ0n) is 16.0. The van der Waals surface area contributed by atoms with E-state index in [2.05, 4.69) is 10.3 Å². The fourth-order valence-electron chi connectivity index (χ4n) is 4.10. The van der Waals surface area contributed by atoms with Gasteiger partial charge in [-0.15, -0.1) is 0 Å². The monoisotopic (exact) mass is 411 g/mol. The number of hydrogen-bond donors (Lipinski definition) is 3. The highest BCUT2D eigenvalue weighted by Gasteiger charge is 2.27. The highest BCUT2D eigenvalue weighted by atomic mass is 35.5. The van der Waals surface area contributed by atoms with Crippen molar-refractivity contribution in [2.45, 2.75) is 32.2 Å². The van der Waals surface area contributed by atoms with E-state index in [1.54, 1.807) is 13.0 Å². The van der Waals surface area contributed by atoms with Gasteiger partial charge in [-0.05, 0) is 49.4 Å². The van der Waals surface area contributed by atoms with Gasteiger partial charge in [0.2, 0.25) is 0 Å². The van der Waals surface area contributed by atoms with Crippen molar-refractivity contribution in [3.63, 3.8) is 0 Å². The molecule has 0 aliphatic heterocycles. The number of hydrogen-bond acceptors (Lipinski definition) is 3. The number of carbonyl (C=O) groups excluding carboxylic acids is 2. The van der Waals surface area contributed by atoms with Crippen LogP contribution in [0.15, 0.2) is 36.4 Å². The Morgan fingerprint density at radius 1 is 1.24 bits per heavy atom. The minimum Gasteiger partial charge on any atom is -0.450 e. The summed E-state index contributed by atoms with van der Waals surface area (Å²) < 4.78 is 5.02. The molecule has 1 aliphatic carbocycles. The van der Waals surface area contributed by atoms with Gasteiger partial charge in [0.1, 0.15) is 0 Å². The minimum atomic E-state index is -0.486. The third-order valence-electron chi connectivity index (χ3n) is 5.37. The molecule has 0 radical (unpaired) electrons. The van der Waals surface area contributed by atoms with Crippen molar-refractivity contribution >= 4 is 34.5 Å². The standard InChI is InChI=1S/C22H22ClN3O3/c1-2-29-22(28)25-12-7-10-18-16(11-12)19-14(13-5-3-4-6-17(13)23)8-9-15(21(24)27)20(19)26-18/h3-6,8-9,12,26H,2,7,10-11H2,1H3,(H2,24,27)(H,25,28). The number of aryl methyl sites for hydroxylation is 1. The van der Waals surface area contributed by atoms with Gasteiger partial charge < -0.3 is 20.8 Å². The van der Waals surface area contributed by atoms with Crippen molar-refractivity contribution < 1.29 is 14.3 Å². The maximum Gasteiger partial charge on any atom is 0.407 e. The number of fused-ring (bicyclic) bond motifs is 3. The van der Waals surface area contributed by atoms with Gasteiger partial charge in [-0.3, -0.25) is 4.79 Å². The lowest BCUT2D eigenvalue weighted by Gasteiger charge is -2.23. The summed E-state index contributed by atoms with van der Waals surface area (Å²) in [5.41, 5.74) is 10.7. The molecule has 0 fully saturated rings. The molecule has 4 rings (SSSR count). The van der Waals surface area contributed by atoms with E-state index in [1.807, 2.05) is 30.3 Å². The predicted octanol–water partition coefficient (Wildman–Crippen LogP) is 4.19. The van der Waals surface area contributed by atoms with Gasteiger partial charge in [-0.25, -0.2) is 4.79 Å². The van der Waals surface area contributed by atoms with Crippen molar-refractivity contribution in [2.24, 2.45) is 5.73 Å². The van der Waals surface area contributed by atoms with Gasteiger partial charge >= 0.3 is 6.09 Å². The molecule has 0 spiro atoms. The number of nitrogens with two attached hydrogens (primary N) is 1. The smallest absolute Gasteiger partial charge is 0.407 e. The molecule has 7 heteroatoms. The van der Waals surface area contributed by atoms with Crippen molar-refractivity contribution in [3.8, 4) is 11.1 Å². The van der Waals surface area contributed by atoms with Crippen molar-refractivity contribution in [1.29, 1.82) is 0 Å². The zero-order valence-corrected chi connectivity index (χ0v) is 16.8. The second-order valence-electron chi connectivity index (χ2n) is 7.14. The van der Waals surface area contributed by atoms with Crippen LogP contribution in [-0.4, -0.2) is 29.6 Å². The van der Waals surface area contributed by atoms with E-state index in [1.165, 1.54) is 0 Å². The van der Waals surface area contributed by atoms with Crippen molar-refractivity contribution in [2.75, 3.05) is 6.61 Å². The van der Waals surface area contributed by atoms with Crippen LogP contribution in [0.3, 0.4) is 0 Å². The number of ether oxygens (including phenoxy) is 1. The molecule has 0 saturated carbocycles. The molecule has 1 heterocycles. The molecular weight excluding hydrogens is 390 g/mol. The first-order valence-electron chi connectivity index (χ1n) is 9.64. The lowest BCUT2D eigenvalue weighted by molar-refractivity contribution is 0.100. The molecule has 1 aromatic heterocycles. The number of halogens is 1. The Balaban J connectivity index is 1.86. The number of alkyl carbamates (subject to hydrolysis) is 1. The number of nitrogens with one attached hydrogen (secondary N) is 2. The normalized spacial score (nSPS) is 15.7. The van der Waals surface area contributed by atoms with Crippen LogP contribution in [0.25, 0.3) is 22.0 Å². The highest BCUT2D eigenvalue weighted by molar-refractivity contribution is 6.33. The Bertz CT molecular complexity index is 1110. The molecule has 1 unspecified atom stereocenters. The Labute approximate surface area is 173 Å². The second-order valence-corrected chi connectivity index (χ2v) is 7.55. The minimum absolute atomic E-state index is 0.0446. The Morgan fingerprint density at radius 2 is 2.03 bits per heavy atom. The van der Waals surface area contributed by atoms with Crippen LogP contribution in [0, 0.1) is 0 Å². The zero-order chi connectivity index (χ0) is 20.5. The van der Waals surface area contributed by atoms with Gasteiger partial charge in [-0.1, -0.05) is 35.9 Å². The van der Waals surface area contributed by atoms with E-state index < -0.39 is 12.0 Å². The maximum atomic E-state index is 12.0. The van der Waals surface area contributed by atoms with Crippen LogP contribution in [0.5, 0.6) is 0 Å². The summed E-state index contributed by atoms with van der Waals surface area (Å²) in [5.74, 6) is -0.486. The summed E-state index contributed by atoms with van der Waals surface area (Å²) in [6.07, 6.45) is 1.76. The summed E-state index contributed by atoms with van der Waals surface area (Å²) in [4.78, 5) is 27.3. The molecule has 29 heavy (non-hydrogen) atoms. The first kappa shape index (κ1) is 19.3. The topological polar surface area (TPSA) is 97.2 Å². The predicted molar refractivity (Wildman–Crippen MR) is 113 cm³/mol. The third kappa shape index (κ3) is 3.56. The maximum absolute atomic E-state index is 12.0. The van der Waals surface area contributed by atoms with E-state index in [9.17, 15) is 9.59 Å². The fraction of sp³-hybridized carbons (Fsp3) is 0.273. The summed E-state index contributed by atoms with van der Waals surface area (Å²) >= 11 is 6.47. The number of carbonyl (C=O) groups is 2. The Morgan fingerprint density at radius 3 is 2.76 bits per heavy atom. The first-order valence-corrected chi connectivity index (χ1v) is 10.0. The summed E-state index contributed by atoms with van der Waals surface area (Å²) in [6.45, 7) is 2.11. The molecule has 150 valence electrons. The van der Waals surface area contributed by atoms with E-state index in [0.29, 0.717) is 23.6 Å². The highest BCUT2D eigenvalue weighted by Crippen LogP contribution is 2.40. The van der Waals surface area contributed by atoms with Crippen molar-refractivity contribution in [1.82, 2.24) is 10.3 Å². The van der Waals surface area contributed by atoms with Crippen LogP contribution < -0.4 is 11.1 Å². The Kier molecular flexibility index (Phi) is 5.20. The number of amides is 2. The van der Waals surface area contributed by atoms with Crippen LogP contribution in [0.2, 0.25) is 5.02 Å². The van der Waals surface area contributed by atoms with Gasteiger partial charge in [0.05, 0.1) is 17.7 Å². The lowest BCUT2D eigenvalue weighted by atomic mass is 9.88. The molecule has 1 aliphatic rings. The molecule has 2 amide bonds. The largest absolute Gasteiger partial charge is 0.450 e. The molecule has 0 saturated heterocycles. The van der Waals surface area contributed by atoms with E-state index >= 15 is 0 Å². The van der Waals surface area contributed by atoms with Gasteiger partial charge in [0.15, 0.2) is 0 Å². The molecule has 4 N–H and O–H groups in total. The Hall–Kier alpha value is -2.99. The first-order chi connectivity index (χ1) is 14.0.